The average Bonchev–Trinajstić information content (AvgIpc) is 2.13. The van der Waals surface area contributed by atoms with Crippen LogP contribution in [0.2, 0.25) is 0 Å². The molecule has 12 heavy (non-hydrogen) atoms. The summed E-state index contributed by atoms with van der Waals surface area (Å²) in [7, 11) is 0. The normalized spacial score (nSPS) is 13.2. The summed E-state index contributed by atoms with van der Waals surface area (Å²) >= 11 is 0. The van der Waals surface area contributed by atoms with Crippen LogP contribution in [0.25, 0.3) is 0 Å². The fraction of sp³-hybridized carbons (Fsp3) is 0.857. The van der Waals surface area contributed by atoms with Gasteiger partial charge in [-0.1, -0.05) is 13.8 Å². The summed E-state index contributed by atoms with van der Waals surface area (Å²) in [5.41, 5.74) is 6.75. The molecule has 6 N–H and O–H groups in total. The maximum atomic E-state index is 9.74. The van der Waals surface area contributed by atoms with Crippen LogP contribution in [0.5, 0.6) is 0 Å². The first-order valence-electron chi connectivity index (χ1n) is 4.07. The summed E-state index contributed by atoms with van der Waals surface area (Å²) in [6, 6.07) is 0. The van der Waals surface area contributed by atoms with Gasteiger partial charge >= 0.3 is 0 Å². The number of guanidine groups is 1. The Bertz CT molecular complexity index is 153. The van der Waals surface area contributed by atoms with Gasteiger partial charge in [0.25, 0.3) is 0 Å². The van der Waals surface area contributed by atoms with Crippen molar-refractivity contribution >= 4 is 5.96 Å². The summed E-state index contributed by atoms with van der Waals surface area (Å²) in [5.74, 6) is 5.15. The lowest BCUT2D eigenvalue weighted by atomic mass is 9.98. The third kappa shape index (κ3) is 3.54. The molecule has 0 rings (SSSR count). The number of hydrogen-bond acceptors (Lipinski definition) is 3. The van der Waals surface area contributed by atoms with E-state index in [1.165, 1.54) is 0 Å². The molecule has 0 spiro atoms. The summed E-state index contributed by atoms with van der Waals surface area (Å²) in [5, 5.41) is 9.74. The van der Waals surface area contributed by atoms with Gasteiger partial charge in [0, 0.05) is 0 Å². The molecule has 0 saturated heterocycles. The standard InChI is InChI=1S/C7H18N4O/c1-3-7(12,4-2)5-10-6(8)11-9/h12H,3-5,9H2,1-2H3,(H3,8,10,11). The Balaban J connectivity index is 4.04. The fourth-order valence-electron chi connectivity index (χ4n) is 0.752. The Hall–Kier alpha value is -0.810. The summed E-state index contributed by atoms with van der Waals surface area (Å²) in [6.07, 6.45) is 1.32. The van der Waals surface area contributed by atoms with Crippen molar-refractivity contribution in [1.82, 2.24) is 5.43 Å². The number of aliphatic imine (C=N–C) groups is 1. The number of rotatable bonds is 4. The maximum Gasteiger partial charge on any atom is 0.203 e. The van der Waals surface area contributed by atoms with E-state index in [1.54, 1.807) is 0 Å². The van der Waals surface area contributed by atoms with Gasteiger partial charge in [0.2, 0.25) is 5.96 Å². The van der Waals surface area contributed by atoms with E-state index in [9.17, 15) is 5.11 Å². The minimum atomic E-state index is -0.749. The molecule has 0 aliphatic heterocycles. The molecule has 0 fully saturated rings. The number of aliphatic hydroxyl groups is 1. The first kappa shape index (κ1) is 11.2. The molecule has 0 bridgehead atoms. The average molecular weight is 174 g/mol. The number of nitrogens with one attached hydrogen (secondary N) is 1. The van der Waals surface area contributed by atoms with E-state index in [4.69, 9.17) is 11.6 Å². The molecule has 0 atom stereocenters. The SMILES string of the molecule is CCC(O)(CC)CN=C(N)NN. The molecule has 5 nitrogen and oxygen atoms in total. The maximum absolute atomic E-state index is 9.74. The minimum Gasteiger partial charge on any atom is -0.388 e. The van der Waals surface area contributed by atoms with E-state index in [2.05, 4.69) is 10.4 Å². The molecule has 0 aromatic rings. The van der Waals surface area contributed by atoms with E-state index >= 15 is 0 Å². The van der Waals surface area contributed by atoms with E-state index in [1.807, 2.05) is 13.8 Å². The van der Waals surface area contributed by atoms with Crippen LogP contribution in [0.3, 0.4) is 0 Å². The predicted octanol–water partition coefficient (Wildman–Crippen LogP) is -0.684. The van der Waals surface area contributed by atoms with E-state index in [0.717, 1.165) is 0 Å². The highest BCUT2D eigenvalue weighted by Gasteiger charge is 2.21. The lowest BCUT2D eigenvalue weighted by Gasteiger charge is -2.22. The van der Waals surface area contributed by atoms with Crippen LogP contribution < -0.4 is 17.0 Å². The monoisotopic (exact) mass is 174 g/mol. The highest BCUT2D eigenvalue weighted by Crippen LogP contribution is 2.14. The molecule has 0 saturated carbocycles. The van der Waals surface area contributed by atoms with Gasteiger partial charge in [0.15, 0.2) is 0 Å². The van der Waals surface area contributed by atoms with Crippen molar-refractivity contribution in [2.45, 2.75) is 32.3 Å². The number of hydrogen-bond donors (Lipinski definition) is 4. The Morgan fingerprint density at radius 3 is 2.33 bits per heavy atom. The first-order valence-corrected chi connectivity index (χ1v) is 4.07. The molecule has 5 heteroatoms. The summed E-state index contributed by atoms with van der Waals surface area (Å²) in [4.78, 5) is 3.86. The molecule has 0 aromatic carbocycles. The van der Waals surface area contributed by atoms with Crippen LogP contribution in [0.4, 0.5) is 0 Å². The van der Waals surface area contributed by atoms with Gasteiger partial charge in [-0.15, -0.1) is 0 Å². The van der Waals surface area contributed by atoms with E-state index in [0.29, 0.717) is 12.8 Å². The molecule has 0 amide bonds. The third-order valence-corrected chi connectivity index (χ3v) is 2.01. The van der Waals surface area contributed by atoms with Gasteiger partial charge in [-0.3, -0.25) is 5.43 Å². The van der Waals surface area contributed by atoms with E-state index < -0.39 is 5.60 Å². The van der Waals surface area contributed by atoms with Crippen LogP contribution in [0.1, 0.15) is 26.7 Å². The highest BCUT2D eigenvalue weighted by atomic mass is 16.3. The molecule has 0 aromatic heterocycles. The summed E-state index contributed by atoms with van der Waals surface area (Å²) in [6.45, 7) is 4.10. The molecule has 0 radical (unpaired) electrons. The smallest absolute Gasteiger partial charge is 0.203 e. The van der Waals surface area contributed by atoms with Gasteiger partial charge in [0.1, 0.15) is 0 Å². The predicted molar refractivity (Wildman–Crippen MR) is 49.3 cm³/mol. The van der Waals surface area contributed by atoms with Gasteiger partial charge < -0.3 is 10.8 Å². The van der Waals surface area contributed by atoms with Crippen molar-refractivity contribution < 1.29 is 5.11 Å². The quantitative estimate of drug-likeness (QED) is 0.196. The zero-order valence-corrected chi connectivity index (χ0v) is 7.67. The molecule has 72 valence electrons. The van der Waals surface area contributed by atoms with Gasteiger partial charge in [-0.25, -0.2) is 10.8 Å². The van der Waals surface area contributed by atoms with Gasteiger partial charge in [0.05, 0.1) is 12.1 Å². The van der Waals surface area contributed by atoms with Gasteiger partial charge in [-0.2, -0.15) is 0 Å². The van der Waals surface area contributed by atoms with E-state index in [-0.39, 0.29) is 12.5 Å². The number of nitrogens with zero attached hydrogens (tertiary/aromatic N) is 1. The Kier molecular flexibility index (Phi) is 4.61. The van der Waals surface area contributed by atoms with Crippen LogP contribution in [-0.4, -0.2) is 23.2 Å². The molecule has 0 heterocycles. The number of hydrazine groups is 1. The van der Waals surface area contributed by atoms with Crippen molar-refractivity contribution in [3.63, 3.8) is 0 Å². The molecular weight excluding hydrogens is 156 g/mol. The topological polar surface area (TPSA) is 96.7 Å². The van der Waals surface area contributed by atoms with Crippen molar-refractivity contribution in [2.24, 2.45) is 16.6 Å². The minimum absolute atomic E-state index is 0.148. The Morgan fingerprint density at radius 2 is 2.00 bits per heavy atom. The van der Waals surface area contributed by atoms with Crippen LogP contribution in [0, 0.1) is 0 Å². The third-order valence-electron chi connectivity index (χ3n) is 2.01. The Morgan fingerprint density at radius 1 is 1.50 bits per heavy atom. The second kappa shape index (κ2) is 4.95. The molecule has 0 unspecified atom stereocenters. The highest BCUT2D eigenvalue weighted by molar-refractivity contribution is 5.77. The Labute approximate surface area is 72.8 Å². The molecule has 0 aliphatic rings. The first-order chi connectivity index (χ1) is 5.58. The molecular formula is C7H18N4O. The van der Waals surface area contributed by atoms with Crippen molar-refractivity contribution in [3.05, 3.63) is 0 Å². The zero-order valence-electron chi connectivity index (χ0n) is 7.67. The number of nitrogens with two attached hydrogens (primary N) is 2. The van der Waals surface area contributed by atoms with Crippen molar-refractivity contribution in [3.8, 4) is 0 Å². The fourth-order valence-corrected chi connectivity index (χ4v) is 0.752. The van der Waals surface area contributed by atoms with Crippen LogP contribution >= 0.6 is 0 Å². The van der Waals surface area contributed by atoms with Crippen LogP contribution in [0.15, 0.2) is 4.99 Å². The van der Waals surface area contributed by atoms with Crippen molar-refractivity contribution in [2.75, 3.05) is 6.54 Å². The van der Waals surface area contributed by atoms with Crippen molar-refractivity contribution in [1.29, 1.82) is 0 Å². The lowest BCUT2D eigenvalue weighted by Crippen LogP contribution is -2.39. The lowest BCUT2D eigenvalue weighted by molar-refractivity contribution is 0.0418. The molecule has 0 aliphatic carbocycles. The second-order valence-electron chi connectivity index (χ2n) is 2.78. The second-order valence-corrected chi connectivity index (χ2v) is 2.78. The van der Waals surface area contributed by atoms with Crippen LogP contribution in [-0.2, 0) is 0 Å². The largest absolute Gasteiger partial charge is 0.388 e. The van der Waals surface area contributed by atoms with Gasteiger partial charge in [-0.05, 0) is 12.8 Å². The summed E-state index contributed by atoms with van der Waals surface area (Å²) < 4.78 is 0. The zero-order chi connectivity index (χ0) is 9.61.